The van der Waals surface area contributed by atoms with Gasteiger partial charge in [-0.25, -0.2) is 19.3 Å². The van der Waals surface area contributed by atoms with Gasteiger partial charge in [-0.1, -0.05) is 18.2 Å². The monoisotopic (exact) mass is 526 g/mol. The lowest BCUT2D eigenvalue weighted by Crippen LogP contribution is -2.44. The largest absolute Gasteiger partial charge is 0.384 e. The summed E-state index contributed by atoms with van der Waals surface area (Å²) in [5.41, 5.74) is 1.73. The number of nitrogens with one attached hydrogen (secondary N) is 1. The van der Waals surface area contributed by atoms with Crippen molar-refractivity contribution >= 4 is 28.4 Å². The normalized spacial score (nSPS) is 18.3. The average Bonchev–Trinajstić information content (AvgIpc) is 3.55. The molecule has 0 bridgehead atoms. The van der Waals surface area contributed by atoms with Gasteiger partial charge in [-0.2, -0.15) is 4.98 Å². The van der Waals surface area contributed by atoms with Crippen LogP contribution in [0.5, 0.6) is 0 Å². The molecule has 3 aromatic heterocycles. The van der Waals surface area contributed by atoms with Crippen LogP contribution >= 0.6 is 0 Å². The number of pyridine rings is 1. The van der Waals surface area contributed by atoms with E-state index < -0.39 is 5.60 Å². The summed E-state index contributed by atoms with van der Waals surface area (Å²) in [7, 11) is 2.15. The molecule has 0 spiro atoms. The second-order valence-corrected chi connectivity index (χ2v) is 10.9. The van der Waals surface area contributed by atoms with Crippen LogP contribution in [0.1, 0.15) is 38.4 Å². The smallest absolute Gasteiger partial charge is 0.278 e. The fourth-order valence-electron chi connectivity index (χ4n) is 5.23. The minimum absolute atomic E-state index is 0.113. The Hall–Kier alpha value is -4.02. The molecule has 202 valence electrons. The van der Waals surface area contributed by atoms with Crippen molar-refractivity contribution in [3.63, 3.8) is 0 Å². The molecular weight excluding hydrogens is 492 g/mol. The van der Waals surface area contributed by atoms with Gasteiger partial charge >= 0.3 is 0 Å². The van der Waals surface area contributed by atoms with E-state index in [2.05, 4.69) is 45.4 Å². The van der Waals surface area contributed by atoms with Gasteiger partial charge in [-0.15, -0.1) is 0 Å². The van der Waals surface area contributed by atoms with Crippen LogP contribution in [0.15, 0.2) is 65.6 Å². The third-order valence-electron chi connectivity index (χ3n) is 7.49. The average molecular weight is 527 g/mol. The van der Waals surface area contributed by atoms with Crippen LogP contribution in [0.2, 0.25) is 0 Å². The Kier molecular flexibility index (Phi) is 6.44. The summed E-state index contributed by atoms with van der Waals surface area (Å²) in [5.74, 6) is 0.907. The quantitative estimate of drug-likeness (QED) is 0.368. The second kappa shape index (κ2) is 9.94. The highest BCUT2D eigenvalue weighted by molar-refractivity contribution is 5.77. The minimum Gasteiger partial charge on any atom is -0.384 e. The zero-order chi connectivity index (χ0) is 27.1. The van der Waals surface area contributed by atoms with E-state index in [-0.39, 0.29) is 11.6 Å². The van der Waals surface area contributed by atoms with Gasteiger partial charge in [-0.3, -0.25) is 4.79 Å². The molecule has 1 fully saturated rings. The van der Waals surface area contributed by atoms with E-state index in [4.69, 9.17) is 9.97 Å². The van der Waals surface area contributed by atoms with Crippen molar-refractivity contribution in [3.05, 3.63) is 76.9 Å². The highest BCUT2D eigenvalue weighted by Gasteiger charge is 2.25. The highest BCUT2D eigenvalue weighted by atomic mass is 16.3. The van der Waals surface area contributed by atoms with Gasteiger partial charge in [0.15, 0.2) is 11.5 Å². The van der Waals surface area contributed by atoms with Crippen molar-refractivity contribution in [2.45, 2.75) is 38.3 Å². The molecule has 1 atom stereocenters. The minimum atomic E-state index is -1.13. The number of anilines is 3. The maximum absolute atomic E-state index is 13.6. The Bertz CT molecular complexity index is 1570. The summed E-state index contributed by atoms with van der Waals surface area (Å²) in [6.45, 7) is 7.52. The van der Waals surface area contributed by atoms with Crippen LogP contribution in [-0.4, -0.2) is 67.5 Å². The number of likely N-dealkylation sites (N-methyl/N-ethyl adjacent to an activating group) is 1. The maximum atomic E-state index is 13.6. The molecule has 2 aliphatic rings. The van der Waals surface area contributed by atoms with E-state index >= 15 is 0 Å². The Morgan fingerprint density at radius 1 is 1.03 bits per heavy atom. The molecule has 39 heavy (non-hydrogen) atoms. The third kappa shape index (κ3) is 4.93. The number of allylic oxidation sites excluding steroid dienone is 2. The zero-order valence-electron chi connectivity index (χ0n) is 22.6. The Morgan fingerprint density at radius 2 is 1.79 bits per heavy atom. The Morgan fingerprint density at radius 3 is 2.49 bits per heavy atom. The van der Waals surface area contributed by atoms with Crippen molar-refractivity contribution in [2.75, 3.05) is 43.4 Å². The fourth-order valence-corrected chi connectivity index (χ4v) is 5.23. The molecule has 1 aliphatic carbocycles. The highest BCUT2D eigenvalue weighted by Crippen LogP contribution is 2.27. The Balaban J connectivity index is 1.38. The van der Waals surface area contributed by atoms with Gasteiger partial charge in [0.2, 0.25) is 5.95 Å². The number of aliphatic hydroxyl groups is 1. The second-order valence-electron chi connectivity index (χ2n) is 10.9. The van der Waals surface area contributed by atoms with Crippen LogP contribution in [0, 0.1) is 0 Å². The summed E-state index contributed by atoms with van der Waals surface area (Å²) in [6, 6.07) is 13.6. The van der Waals surface area contributed by atoms with Crippen LogP contribution in [0.25, 0.3) is 16.9 Å². The summed E-state index contributed by atoms with van der Waals surface area (Å²) in [5, 5.41) is 14.3. The van der Waals surface area contributed by atoms with Crippen LogP contribution < -0.4 is 15.8 Å². The molecule has 10 nitrogen and oxygen atoms in total. The fraction of sp³-hybridized carbons (Fsp3) is 0.379. The van der Waals surface area contributed by atoms with Crippen LogP contribution in [0.4, 0.5) is 17.3 Å². The van der Waals surface area contributed by atoms with Crippen molar-refractivity contribution < 1.29 is 5.11 Å². The molecule has 0 amide bonds. The number of hydrogen-bond donors (Lipinski definition) is 2. The number of fused-ring (bicyclic) bond motifs is 1. The third-order valence-corrected chi connectivity index (χ3v) is 7.49. The lowest BCUT2D eigenvalue weighted by atomic mass is 10.1. The first-order valence-electron chi connectivity index (χ1n) is 13.5. The van der Waals surface area contributed by atoms with Crippen LogP contribution in [-0.2, 0) is 5.60 Å². The van der Waals surface area contributed by atoms with Crippen molar-refractivity contribution in [1.82, 2.24) is 29.2 Å². The molecule has 6 rings (SSSR count). The van der Waals surface area contributed by atoms with Gasteiger partial charge in [0.1, 0.15) is 11.0 Å². The molecular formula is C29H34N8O2. The van der Waals surface area contributed by atoms with Crippen molar-refractivity contribution in [3.8, 4) is 5.82 Å². The van der Waals surface area contributed by atoms with E-state index in [1.165, 1.54) is 5.69 Å². The molecule has 2 N–H and O–H groups in total. The first-order chi connectivity index (χ1) is 18.8. The van der Waals surface area contributed by atoms with Gasteiger partial charge in [-0.05, 0) is 70.1 Å². The number of rotatable bonds is 6. The number of aromatic nitrogens is 5. The maximum Gasteiger partial charge on any atom is 0.278 e. The lowest BCUT2D eigenvalue weighted by molar-refractivity contribution is 0.0738. The molecule has 4 aromatic rings. The number of benzene rings is 1. The summed E-state index contributed by atoms with van der Waals surface area (Å²) >= 11 is 0. The number of hydrogen-bond acceptors (Lipinski definition) is 8. The van der Waals surface area contributed by atoms with Gasteiger partial charge in [0.25, 0.3) is 5.56 Å². The number of piperazine rings is 1. The van der Waals surface area contributed by atoms with E-state index in [9.17, 15) is 9.90 Å². The van der Waals surface area contributed by atoms with Crippen molar-refractivity contribution in [1.29, 1.82) is 0 Å². The SMILES string of the molecule is CN1CCN(c2ccc(Nc3ncc4c(=O)n(C5C=CCC5)n(-c5cccc(C(C)(C)O)n5)c4n3)cc2)CC1. The Labute approximate surface area is 227 Å². The molecule has 0 radical (unpaired) electrons. The number of nitrogens with zero attached hydrogens (tertiary/aromatic N) is 7. The predicted octanol–water partition coefficient (Wildman–Crippen LogP) is 3.59. The first-order valence-corrected chi connectivity index (χ1v) is 13.5. The van der Waals surface area contributed by atoms with E-state index in [0.717, 1.165) is 44.7 Å². The van der Waals surface area contributed by atoms with E-state index in [0.29, 0.717) is 28.5 Å². The predicted molar refractivity (Wildman–Crippen MR) is 153 cm³/mol. The summed E-state index contributed by atoms with van der Waals surface area (Å²) in [6.07, 6.45) is 7.43. The molecule has 0 saturated carbocycles. The molecule has 10 heteroatoms. The summed E-state index contributed by atoms with van der Waals surface area (Å²) in [4.78, 5) is 32.3. The first kappa shape index (κ1) is 25.3. The molecule has 4 heterocycles. The van der Waals surface area contributed by atoms with E-state index in [1.807, 2.05) is 30.3 Å². The molecule has 1 unspecified atom stereocenters. The topological polar surface area (TPSA) is 104 Å². The van der Waals surface area contributed by atoms with Gasteiger partial charge in [0, 0.05) is 43.8 Å². The lowest BCUT2D eigenvalue weighted by Gasteiger charge is -2.34. The summed E-state index contributed by atoms with van der Waals surface area (Å²) < 4.78 is 3.46. The zero-order valence-corrected chi connectivity index (χ0v) is 22.6. The van der Waals surface area contributed by atoms with Crippen molar-refractivity contribution in [2.24, 2.45) is 0 Å². The van der Waals surface area contributed by atoms with Gasteiger partial charge < -0.3 is 20.2 Å². The molecule has 1 saturated heterocycles. The van der Waals surface area contributed by atoms with Gasteiger partial charge in [0.05, 0.1) is 11.7 Å². The van der Waals surface area contributed by atoms with E-state index in [1.54, 1.807) is 35.5 Å². The molecule has 1 aliphatic heterocycles. The standard InChI is InChI=1S/C29H34N8O2/c1-29(2,39)24-9-6-10-25(32-24)37-26-23(27(38)36(37)22-7-4-5-8-22)19-30-28(33-26)31-20-11-13-21(14-12-20)35-17-15-34(3)16-18-35/h4,6-7,9-14,19,22,39H,5,8,15-18H2,1-3H3,(H,30,31,33). The van der Waals surface area contributed by atoms with Crippen LogP contribution in [0.3, 0.4) is 0 Å². The molecule has 1 aromatic carbocycles.